The van der Waals surface area contributed by atoms with Crippen LogP contribution in [0.4, 0.5) is 28.4 Å². The van der Waals surface area contributed by atoms with E-state index in [4.69, 9.17) is 9.81 Å². The maximum Gasteiger partial charge on any atom is 0.397 e. The Bertz CT molecular complexity index is 1770. The van der Waals surface area contributed by atoms with Gasteiger partial charge < -0.3 is 15.3 Å². The molecule has 3 aromatic carbocycles. The summed E-state index contributed by atoms with van der Waals surface area (Å²) >= 11 is 0.280. The zero-order valence-corrected chi connectivity index (χ0v) is 24.3. The first kappa shape index (κ1) is 35.4. The number of non-ortho nitro benzene ring substituents is 1. The molecular weight excluding hydrogens is 686 g/mol. The number of nitrogens with zero attached hydrogens (tertiary/aromatic N) is 5. The van der Waals surface area contributed by atoms with Crippen molar-refractivity contribution < 1.29 is 77.5 Å². The summed E-state index contributed by atoms with van der Waals surface area (Å²) in [4.78, 5) is 9.56. The van der Waals surface area contributed by atoms with Gasteiger partial charge in [-0.2, -0.15) is 8.42 Å². The average Bonchev–Trinajstić information content (AvgIpc) is 2.91. The van der Waals surface area contributed by atoms with Crippen LogP contribution in [0, 0.1) is 10.1 Å². The second kappa shape index (κ2) is 15.1. The summed E-state index contributed by atoms with van der Waals surface area (Å²) in [6.45, 7) is -0.891. The molecule has 0 aliphatic carbocycles. The fourth-order valence-corrected chi connectivity index (χ4v) is 4.97. The first-order chi connectivity index (χ1) is 19.7. The number of hydrogen-bond acceptors (Lipinski definition) is 18. The van der Waals surface area contributed by atoms with Crippen molar-refractivity contribution in [1.29, 1.82) is 0 Å². The number of phenolic OH excluding ortho intramolecular Hbond substituents is 3. The molecule has 3 aromatic rings. The van der Waals surface area contributed by atoms with E-state index >= 15 is 0 Å². The van der Waals surface area contributed by atoms with Gasteiger partial charge in [-0.25, -0.2) is 17.9 Å². The van der Waals surface area contributed by atoms with E-state index in [0.29, 0.717) is 0 Å². The predicted molar refractivity (Wildman–Crippen MR) is 140 cm³/mol. The molecular formula is C20H17FeN5O14S3. The summed E-state index contributed by atoms with van der Waals surface area (Å²) in [6, 6.07) is 8.36. The second-order valence-corrected chi connectivity index (χ2v) is 11.5. The van der Waals surface area contributed by atoms with Gasteiger partial charge in [0, 0.05) is 23.1 Å². The van der Waals surface area contributed by atoms with Crippen molar-refractivity contribution in [3.05, 3.63) is 58.6 Å². The van der Waals surface area contributed by atoms with Gasteiger partial charge >= 0.3 is 10.4 Å². The molecule has 0 amide bonds. The average molecular weight is 703 g/mol. The number of aromatic hydroxyl groups is 3. The molecule has 23 heteroatoms. The van der Waals surface area contributed by atoms with Crippen molar-refractivity contribution in [3.63, 3.8) is 0 Å². The molecule has 0 bridgehead atoms. The Balaban J connectivity index is 0.00000645. The number of azo groups is 2. The van der Waals surface area contributed by atoms with Crippen LogP contribution in [-0.2, 0) is 50.9 Å². The van der Waals surface area contributed by atoms with E-state index in [1.807, 2.05) is 0 Å². The van der Waals surface area contributed by atoms with E-state index in [2.05, 4.69) is 34.0 Å². The predicted octanol–water partition coefficient (Wildman–Crippen LogP) is 4.56. The molecule has 5 N–H and O–H groups in total. The first-order valence-electron chi connectivity index (χ1n) is 10.7. The molecule has 3 rings (SSSR count). The summed E-state index contributed by atoms with van der Waals surface area (Å²) in [6.07, 6.45) is 0. The summed E-state index contributed by atoms with van der Waals surface area (Å²) in [5.74, 6) is -2.72. The molecule has 232 valence electrons. The Morgan fingerprint density at radius 3 is 2.12 bits per heavy atom. The molecule has 0 saturated heterocycles. The molecule has 0 atom stereocenters. The largest absolute Gasteiger partial charge is 0.505 e. The van der Waals surface area contributed by atoms with E-state index in [1.165, 1.54) is 0 Å². The Labute approximate surface area is 256 Å². The van der Waals surface area contributed by atoms with Crippen LogP contribution >= 0.6 is 12.0 Å². The van der Waals surface area contributed by atoms with Crippen molar-refractivity contribution in [1.82, 2.24) is 0 Å². The normalized spacial score (nSPS) is 12.0. The number of nitro groups is 1. The topological polar surface area (TPSA) is 290 Å². The number of benzene rings is 3. The maximum atomic E-state index is 12.5. The third kappa shape index (κ3) is 9.89. The SMILES string of the molecule is O=[N+]([O-])c1ccc(N=Nc2ccc(O)c(N=Nc3ccc(S(=O)(=O)CCOS(=O)(=O)O)cc3SOOO)c2O)c(O)c1.[Fe]. The van der Waals surface area contributed by atoms with Crippen LogP contribution in [0.25, 0.3) is 0 Å². The molecule has 0 unspecified atom stereocenters. The third-order valence-corrected chi connectivity index (χ3v) is 7.61. The molecule has 0 aliphatic rings. The number of hydrogen-bond donors (Lipinski definition) is 5. The minimum Gasteiger partial charge on any atom is -0.505 e. The van der Waals surface area contributed by atoms with Gasteiger partial charge in [0.1, 0.15) is 28.6 Å². The van der Waals surface area contributed by atoms with Crippen molar-refractivity contribution >= 4 is 60.7 Å². The van der Waals surface area contributed by atoms with Crippen LogP contribution in [0.5, 0.6) is 17.2 Å². The number of nitro benzene ring substituents is 1. The molecule has 0 fully saturated rings. The zero-order valence-electron chi connectivity index (χ0n) is 20.8. The van der Waals surface area contributed by atoms with Crippen molar-refractivity contribution in [2.45, 2.75) is 9.79 Å². The Morgan fingerprint density at radius 2 is 1.49 bits per heavy atom. The zero-order chi connectivity index (χ0) is 31.1. The molecule has 0 aliphatic heterocycles. The molecule has 43 heavy (non-hydrogen) atoms. The van der Waals surface area contributed by atoms with Crippen molar-refractivity contribution in [2.75, 3.05) is 12.4 Å². The van der Waals surface area contributed by atoms with Gasteiger partial charge in [0.25, 0.3) is 5.69 Å². The maximum absolute atomic E-state index is 12.5. The smallest absolute Gasteiger partial charge is 0.397 e. The summed E-state index contributed by atoms with van der Waals surface area (Å²) in [5.41, 5.74) is -1.49. The monoisotopic (exact) mass is 703 g/mol. The van der Waals surface area contributed by atoms with Gasteiger partial charge in [-0.3, -0.25) is 14.7 Å². The van der Waals surface area contributed by atoms with Crippen LogP contribution in [-0.4, -0.2) is 59.2 Å². The van der Waals surface area contributed by atoms with E-state index in [9.17, 15) is 42.3 Å². The molecule has 0 spiro atoms. The van der Waals surface area contributed by atoms with Crippen molar-refractivity contribution in [2.24, 2.45) is 20.5 Å². The van der Waals surface area contributed by atoms with Gasteiger partial charge in [0.05, 0.1) is 45.2 Å². The first-order valence-corrected chi connectivity index (χ1v) is 14.5. The van der Waals surface area contributed by atoms with Crippen LogP contribution in [0.3, 0.4) is 0 Å². The Morgan fingerprint density at radius 1 is 0.860 bits per heavy atom. The molecule has 0 saturated carbocycles. The van der Waals surface area contributed by atoms with E-state index in [1.54, 1.807) is 0 Å². The number of rotatable bonds is 13. The quantitative estimate of drug-likeness (QED) is 0.0310. The minimum atomic E-state index is -4.87. The third-order valence-electron chi connectivity index (χ3n) is 4.83. The van der Waals surface area contributed by atoms with Crippen LogP contribution in [0.1, 0.15) is 0 Å². The van der Waals surface area contributed by atoms with Crippen LogP contribution < -0.4 is 0 Å². The second-order valence-electron chi connectivity index (χ2n) is 7.56. The molecule has 0 heterocycles. The molecule has 19 nitrogen and oxygen atoms in total. The van der Waals surface area contributed by atoms with E-state index in [0.717, 1.165) is 48.5 Å². The van der Waals surface area contributed by atoms with E-state index in [-0.39, 0.29) is 56.0 Å². The van der Waals surface area contributed by atoms with Gasteiger partial charge in [-0.05, 0) is 36.4 Å². The van der Waals surface area contributed by atoms with Crippen LogP contribution in [0.2, 0.25) is 0 Å². The minimum absolute atomic E-state index is 0. The summed E-state index contributed by atoms with van der Waals surface area (Å²) in [5, 5.41) is 68.5. The van der Waals surface area contributed by atoms with Crippen molar-refractivity contribution in [3.8, 4) is 17.2 Å². The van der Waals surface area contributed by atoms with E-state index < -0.39 is 66.1 Å². The molecule has 0 aromatic heterocycles. The Kier molecular flexibility index (Phi) is 12.4. The molecule has 0 radical (unpaired) electrons. The number of sulfone groups is 1. The van der Waals surface area contributed by atoms with Gasteiger partial charge in [-0.1, -0.05) is 5.04 Å². The Hall–Kier alpha value is -3.77. The van der Waals surface area contributed by atoms with Gasteiger partial charge in [0.15, 0.2) is 21.3 Å². The summed E-state index contributed by atoms with van der Waals surface area (Å²) in [7, 11) is -9.04. The van der Waals surface area contributed by atoms with Gasteiger partial charge in [0.2, 0.25) is 0 Å². The number of phenols is 3. The fraction of sp³-hybridized carbons (Fsp3) is 0.100. The fourth-order valence-electron chi connectivity index (χ4n) is 2.92. The standard InChI is InChI=1S/C20H17N5O14S3.Fe/c26-16-6-5-15(23-21-13-3-1-11(25(29)30)9-17(13)27)20(28)19(16)24-22-14-4-2-12(10-18(14)40-39-38-31)41(32,33)8-7-37-42(34,35)36;/h1-6,9-10,26-28,31H,7-8H2,(H,34,35,36);. The van der Waals surface area contributed by atoms with Gasteiger partial charge in [-0.15, -0.1) is 24.8 Å². The van der Waals surface area contributed by atoms with Crippen LogP contribution in [0.15, 0.2) is 78.8 Å². The summed E-state index contributed by atoms with van der Waals surface area (Å²) < 4.78 is 63.3.